The van der Waals surface area contributed by atoms with Gasteiger partial charge in [-0.2, -0.15) is 0 Å². The molecule has 1 atom stereocenters. The van der Waals surface area contributed by atoms with Crippen molar-refractivity contribution in [3.8, 4) is 0 Å². The lowest BCUT2D eigenvalue weighted by molar-refractivity contribution is 0.516. The van der Waals surface area contributed by atoms with E-state index in [1.54, 1.807) is 0 Å². The van der Waals surface area contributed by atoms with Crippen molar-refractivity contribution in [1.82, 2.24) is 10.3 Å². The van der Waals surface area contributed by atoms with Crippen LogP contribution in [0.5, 0.6) is 0 Å². The molecule has 0 spiro atoms. The van der Waals surface area contributed by atoms with Crippen LogP contribution >= 0.6 is 0 Å². The van der Waals surface area contributed by atoms with E-state index in [-0.39, 0.29) is 6.04 Å². The van der Waals surface area contributed by atoms with Gasteiger partial charge in [0.15, 0.2) is 0 Å². The fourth-order valence-corrected chi connectivity index (χ4v) is 2.92. The smallest absolute Gasteiger partial charge is 0.0576 e. The number of aromatic nitrogens is 1. The molecule has 21 heavy (non-hydrogen) atoms. The van der Waals surface area contributed by atoms with Gasteiger partial charge in [0.1, 0.15) is 0 Å². The number of nitrogens with zero attached hydrogens (tertiary/aromatic N) is 1. The molecule has 1 N–H and O–H groups in total. The SMILES string of the molecule is CCCNC(Cc1c(C)cc(C)cc1C)c1ccccn1. The number of hydrogen-bond donors (Lipinski definition) is 1. The Bertz CT molecular complexity index is 552. The third-order valence-corrected chi connectivity index (χ3v) is 3.93. The number of nitrogens with one attached hydrogen (secondary N) is 1. The number of aryl methyl sites for hydroxylation is 3. The minimum Gasteiger partial charge on any atom is -0.308 e. The van der Waals surface area contributed by atoms with E-state index in [2.05, 4.69) is 62.3 Å². The van der Waals surface area contributed by atoms with Gasteiger partial charge in [-0.15, -0.1) is 0 Å². The summed E-state index contributed by atoms with van der Waals surface area (Å²) in [5.41, 5.74) is 6.67. The Labute approximate surface area is 128 Å². The molecule has 0 aliphatic rings. The van der Waals surface area contributed by atoms with Crippen molar-refractivity contribution in [3.63, 3.8) is 0 Å². The van der Waals surface area contributed by atoms with Crippen LogP contribution < -0.4 is 5.32 Å². The number of rotatable bonds is 6. The predicted octanol–water partition coefficient (Wildman–Crippen LogP) is 4.29. The minimum absolute atomic E-state index is 0.284. The second kappa shape index (κ2) is 7.37. The minimum atomic E-state index is 0.284. The molecule has 0 saturated carbocycles. The van der Waals surface area contributed by atoms with E-state index in [0.717, 1.165) is 25.1 Å². The Balaban J connectivity index is 2.27. The van der Waals surface area contributed by atoms with Crippen LogP contribution in [0, 0.1) is 20.8 Å². The van der Waals surface area contributed by atoms with Crippen molar-refractivity contribution in [1.29, 1.82) is 0 Å². The van der Waals surface area contributed by atoms with Crippen molar-refractivity contribution in [3.05, 3.63) is 64.5 Å². The zero-order chi connectivity index (χ0) is 15.2. The van der Waals surface area contributed by atoms with Gasteiger partial charge in [0.05, 0.1) is 11.7 Å². The van der Waals surface area contributed by atoms with Crippen molar-refractivity contribution in [2.75, 3.05) is 6.54 Å². The van der Waals surface area contributed by atoms with Crippen molar-refractivity contribution >= 4 is 0 Å². The molecule has 1 heterocycles. The van der Waals surface area contributed by atoms with Crippen LogP contribution in [-0.4, -0.2) is 11.5 Å². The van der Waals surface area contributed by atoms with E-state index in [0.29, 0.717) is 0 Å². The highest BCUT2D eigenvalue weighted by Crippen LogP contribution is 2.23. The van der Waals surface area contributed by atoms with Crippen LogP contribution in [0.15, 0.2) is 36.5 Å². The Kier molecular flexibility index (Phi) is 5.51. The van der Waals surface area contributed by atoms with Gasteiger partial charge in [-0.1, -0.05) is 30.7 Å². The molecular weight excluding hydrogens is 256 g/mol. The van der Waals surface area contributed by atoms with Crippen LogP contribution in [0.4, 0.5) is 0 Å². The molecule has 2 rings (SSSR count). The van der Waals surface area contributed by atoms with Gasteiger partial charge in [-0.05, 0) is 69.0 Å². The van der Waals surface area contributed by atoms with Crippen molar-refractivity contribution in [2.24, 2.45) is 0 Å². The summed E-state index contributed by atoms with van der Waals surface area (Å²) >= 11 is 0. The quantitative estimate of drug-likeness (QED) is 0.855. The summed E-state index contributed by atoms with van der Waals surface area (Å²) in [6, 6.07) is 11.0. The Morgan fingerprint density at radius 2 is 1.81 bits per heavy atom. The summed E-state index contributed by atoms with van der Waals surface area (Å²) in [5.74, 6) is 0. The molecule has 0 fully saturated rings. The summed E-state index contributed by atoms with van der Waals surface area (Å²) in [4.78, 5) is 4.54. The highest BCUT2D eigenvalue weighted by Gasteiger charge is 2.15. The van der Waals surface area contributed by atoms with Gasteiger partial charge in [-0.3, -0.25) is 4.98 Å². The van der Waals surface area contributed by atoms with Gasteiger partial charge in [0.25, 0.3) is 0 Å². The Morgan fingerprint density at radius 1 is 1.10 bits per heavy atom. The summed E-state index contributed by atoms with van der Waals surface area (Å²) in [5, 5.41) is 3.64. The zero-order valence-electron chi connectivity index (χ0n) is 13.6. The molecular formula is C19H26N2. The summed E-state index contributed by atoms with van der Waals surface area (Å²) in [6.45, 7) is 9.81. The first-order valence-electron chi connectivity index (χ1n) is 7.82. The van der Waals surface area contributed by atoms with E-state index in [1.807, 2.05) is 12.3 Å². The molecule has 112 valence electrons. The average Bonchev–Trinajstić information content (AvgIpc) is 2.46. The molecule has 0 saturated heterocycles. The largest absolute Gasteiger partial charge is 0.308 e. The molecule has 0 radical (unpaired) electrons. The van der Waals surface area contributed by atoms with Crippen LogP contribution in [-0.2, 0) is 6.42 Å². The second-order valence-corrected chi connectivity index (χ2v) is 5.84. The molecule has 2 nitrogen and oxygen atoms in total. The van der Waals surface area contributed by atoms with E-state index < -0.39 is 0 Å². The summed E-state index contributed by atoms with van der Waals surface area (Å²) in [6.07, 6.45) is 4.01. The van der Waals surface area contributed by atoms with E-state index in [9.17, 15) is 0 Å². The van der Waals surface area contributed by atoms with Crippen LogP contribution in [0.3, 0.4) is 0 Å². The van der Waals surface area contributed by atoms with Gasteiger partial charge in [0, 0.05) is 6.20 Å². The Morgan fingerprint density at radius 3 is 2.38 bits per heavy atom. The first-order valence-corrected chi connectivity index (χ1v) is 7.82. The molecule has 0 aliphatic heterocycles. The summed E-state index contributed by atoms with van der Waals surface area (Å²) in [7, 11) is 0. The third-order valence-electron chi connectivity index (χ3n) is 3.93. The molecule has 2 aromatic rings. The number of pyridine rings is 1. The highest BCUT2D eigenvalue weighted by atomic mass is 14.9. The Hall–Kier alpha value is -1.67. The average molecular weight is 282 g/mol. The van der Waals surface area contributed by atoms with Gasteiger partial charge >= 0.3 is 0 Å². The zero-order valence-corrected chi connectivity index (χ0v) is 13.6. The second-order valence-electron chi connectivity index (χ2n) is 5.84. The molecule has 1 aromatic carbocycles. The fraction of sp³-hybridized carbons (Fsp3) is 0.421. The fourth-order valence-electron chi connectivity index (χ4n) is 2.92. The van der Waals surface area contributed by atoms with Crippen LogP contribution in [0.25, 0.3) is 0 Å². The first-order chi connectivity index (χ1) is 10.1. The monoisotopic (exact) mass is 282 g/mol. The maximum absolute atomic E-state index is 4.54. The molecule has 2 heteroatoms. The topological polar surface area (TPSA) is 24.9 Å². The molecule has 0 aliphatic carbocycles. The molecule has 0 amide bonds. The highest BCUT2D eigenvalue weighted by molar-refractivity contribution is 5.38. The van der Waals surface area contributed by atoms with Crippen molar-refractivity contribution < 1.29 is 0 Å². The molecule has 1 unspecified atom stereocenters. The summed E-state index contributed by atoms with van der Waals surface area (Å²) < 4.78 is 0. The maximum Gasteiger partial charge on any atom is 0.0576 e. The standard InChI is InChI=1S/C19H26N2/c1-5-9-20-19(18-8-6-7-10-21-18)13-17-15(3)11-14(2)12-16(17)4/h6-8,10-12,19-20H,5,9,13H2,1-4H3. The number of benzene rings is 1. The predicted molar refractivity (Wildman–Crippen MR) is 89.6 cm³/mol. The van der Waals surface area contributed by atoms with Crippen LogP contribution in [0.2, 0.25) is 0 Å². The van der Waals surface area contributed by atoms with E-state index in [1.165, 1.54) is 22.3 Å². The van der Waals surface area contributed by atoms with Crippen molar-refractivity contribution in [2.45, 2.75) is 46.6 Å². The van der Waals surface area contributed by atoms with E-state index in [4.69, 9.17) is 0 Å². The van der Waals surface area contributed by atoms with Gasteiger partial charge in [0.2, 0.25) is 0 Å². The molecule has 0 bridgehead atoms. The van der Waals surface area contributed by atoms with Gasteiger partial charge < -0.3 is 5.32 Å². The third kappa shape index (κ3) is 4.15. The lowest BCUT2D eigenvalue weighted by Crippen LogP contribution is -2.25. The van der Waals surface area contributed by atoms with Gasteiger partial charge in [-0.25, -0.2) is 0 Å². The normalized spacial score (nSPS) is 12.4. The number of hydrogen-bond acceptors (Lipinski definition) is 2. The lowest BCUT2D eigenvalue weighted by atomic mass is 9.93. The van der Waals surface area contributed by atoms with Crippen LogP contribution in [0.1, 0.15) is 47.3 Å². The maximum atomic E-state index is 4.54. The molecule has 1 aromatic heterocycles. The lowest BCUT2D eigenvalue weighted by Gasteiger charge is -2.21. The first kappa shape index (κ1) is 15.7. The van der Waals surface area contributed by atoms with E-state index >= 15 is 0 Å².